The Kier molecular flexibility index (Phi) is 11.8. The van der Waals surface area contributed by atoms with Crippen molar-refractivity contribution < 1.29 is 42.6 Å². The summed E-state index contributed by atoms with van der Waals surface area (Å²) in [5.74, 6) is 0. The second kappa shape index (κ2) is 17.0. The van der Waals surface area contributed by atoms with Gasteiger partial charge in [0.2, 0.25) is 0 Å². The Labute approximate surface area is 287 Å². The molecule has 2 saturated heterocycles. The number of ether oxygens (including phenoxy) is 9. The Morgan fingerprint density at radius 2 is 1.02 bits per heavy atom. The summed E-state index contributed by atoms with van der Waals surface area (Å²) in [4.78, 5) is 0. The highest BCUT2D eigenvalue weighted by Crippen LogP contribution is 2.36. The zero-order valence-electron chi connectivity index (χ0n) is 27.7. The van der Waals surface area contributed by atoms with Crippen molar-refractivity contribution in [3.63, 3.8) is 0 Å². The molecular formula is C40H44O9. The molecule has 258 valence electrons. The highest BCUT2D eigenvalue weighted by molar-refractivity contribution is 5.26. The Hall–Kier alpha value is -3.48. The number of methoxy groups -OCH3 is 1. The summed E-state index contributed by atoms with van der Waals surface area (Å²) in [6.45, 7) is 2.70. The molecule has 0 bridgehead atoms. The molecule has 7 rings (SSSR count). The fourth-order valence-corrected chi connectivity index (χ4v) is 6.54. The van der Waals surface area contributed by atoms with Gasteiger partial charge in [-0.25, -0.2) is 0 Å². The van der Waals surface area contributed by atoms with Gasteiger partial charge in [-0.15, -0.1) is 0 Å². The van der Waals surface area contributed by atoms with Crippen molar-refractivity contribution in [1.29, 1.82) is 0 Å². The van der Waals surface area contributed by atoms with Gasteiger partial charge in [0.15, 0.2) is 12.6 Å². The molecule has 49 heavy (non-hydrogen) atoms. The van der Waals surface area contributed by atoms with Gasteiger partial charge < -0.3 is 42.6 Å². The van der Waals surface area contributed by atoms with Crippen molar-refractivity contribution in [3.8, 4) is 0 Å². The zero-order chi connectivity index (χ0) is 33.3. The third kappa shape index (κ3) is 8.64. The third-order valence-electron chi connectivity index (χ3n) is 9.11. The summed E-state index contributed by atoms with van der Waals surface area (Å²) >= 11 is 0. The van der Waals surface area contributed by atoms with Crippen molar-refractivity contribution in [2.45, 2.75) is 82.2 Å². The average molecular weight is 669 g/mol. The topological polar surface area (TPSA) is 83.1 Å². The second-order valence-electron chi connectivity index (χ2n) is 12.5. The maximum atomic E-state index is 6.81. The van der Waals surface area contributed by atoms with Crippen LogP contribution in [0, 0.1) is 0 Å². The first kappa shape index (κ1) is 34.0. The maximum absolute atomic E-state index is 6.81. The molecular weight excluding hydrogens is 624 g/mol. The first-order chi connectivity index (χ1) is 24.2. The molecule has 0 saturated carbocycles. The number of benzene rings is 4. The van der Waals surface area contributed by atoms with Crippen LogP contribution < -0.4 is 0 Å². The van der Waals surface area contributed by atoms with Gasteiger partial charge in [-0.05, 0) is 27.8 Å². The lowest BCUT2D eigenvalue weighted by Gasteiger charge is -2.31. The summed E-state index contributed by atoms with van der Waals surface area (Å²) < 4.78 is 57.6. The van der Waals surface area contributed by atoms with Crippen LogP contribution in [0.5, 0.6) is 0 Å². The van der Waals surface area contributed by atoms with Gasteiger partial charge in [-0.1, -0.05) is 115 Å². The molecule has 3 aliphatic rings. The Morgan fingerprint density at radius 1 is 0.531 bits per heavy atom. The van der Waals surface area contributed by atoms with Gasteiger partial charge in [0.1, 0.15) is 36.6 Å². The van der Waals surface area contributed by atoms with E-state index < -0.39 is 49.2 Å². The van der Waals surface area contributed by atoms with Crippen LogP contribution in [0.2, 0.25) is 0 Å². The molecule has 2 fully saturated rings. The molecule has 0 aliphatic carbocycles. The zero-order valence-corrected chi connectivity index (χ0v) is 27.7. The minimum Gasteiger partial charge on any atom is -0.374 e. The molecule has 4 aromatic rings. The van der Waals surface area contributed by atoms with Crippen LogP contribution >= 0.6 is 0 Å². The van der Waals surface area contributed by atoms with Crippen LogP contribution in [0.3, 0.4) is 0 Å². The number of rotatable bonds is 14. The fourth-order valence-electron chi connectivity index (χ4n) is 6.54. The maximum Gasteiger partial charge on any atom is 0.187 e. The lowest BCUT2D eigenvalue weighted by Crippen LogP contribution is -2.46. The van der Waals surface area contributed by atoms with Crippen molar-refractivity contribution in [1.82, 2.24) is 0 Å². The Morgan fingerprint density at radius 3 is 1.59 bits per heavy atom. The van der Waals surface area contributed by atoms with Crippen molar-refractivity contribution in [2.75, 3.05) is 20.3 Å². The van der Waals surface area contributed by atoms with Gasteiger partial charge in [0.25, 0.3) is 0 Å². The van der Waals surface area contributed by atoms with E-state index in [0.717, 1.165) is 27.8 Å². The van der Waals surface area contributed by atoms with Crippen molar-refractivity contribution in [3.05, 3.63) is 143 Å². The van der Waals surface area contributed by atoms with Crippen LogP contribution in [0.4, 0.5) is 0 Å². The van der Waals surface area contributed by atoms with E-state index in [4.69, 9.17) is 42.6 Å². The van der Waals surface area contributed by atoms with E-state index in [1.807, 2.05) is 103 Å². The lowest BCUT2D eigenvalue weighted by atomic mass is 10.1. The minimum atomic E-state index is -0.793. The molecule has 4 aromatic carbocycles. The minimum absolute atomic E-state index is 0.290. The van der Waals surface area contributed by atoms with Gasteiger partial charge in [0, 0.05) is 7.11 Å². The fraction of sp³-hybridized carbons (Fsp3) is 0.400. The van der Waals surface area contributed by atoms with E-state index in [9.17, 15) is 0 Å². The number of hydrogen-bond donors (Lipinski definition) is 0. The standard InChI is InChI=1S/C40H44O9/c1-41-39-38(36(44-23-30-17-9-4-10-18-30)34(47-39)27-43-22-29-15-7-3-8-16-29)49-40-37-35(45-24-31-19-11-12-20-32(31)25-46-37)33(48-40)26-42-21-28-13-5-2-6-14-28/h2-20,33-40H,21-27H2,1H3/t33-,34-,35-,36-,37+,38+,39+,40-/m1/s1. The molecule has 9 nitrogen and oxygen atoms in total. The first-order valence-electron chi connectivity index (χ1n) is 16.9. The molecule has 0 aromatic heterocycles. The summed E-state index contributed by atoms with van der Waals surface area (Å²) in [7, 11) is 1.60. The Bertz CT molecular complexity index is 1560. The third-order valence-corrected chi connectivity index (χ3v) is 9.11. The van der Waals surface area contributed by atoms with Crippen LogP contribution in [-0.4, -0.2) is 69.5 Å². The largest absolute Gasteiger partial charge is 0.374 e. The van der Waals surface area contributed by atoms with E-state index in [1.165, 1.54) is 0 Å². The monoisotopic (exact) mass is 668 g/mol. The summed E-state index contributed by atoms with van der Waals surface area (Å²) in [6.07, 6.45) is -4.52. The van der Waals surface area contributed by atoms with Gasteiger partial charge in [0.05, 0.1) is 46.2 Å². The van der Waals surface area contributed by atoms with Crippen molar-refractivity contribution >= 4 is 0 Å². The summed E-state index contributed by atoms with van der Waals surface area (Å²) in [6, 6.07) is 38.3. The van der Waals surface area contributed by atoms with Gasteiger partial charge >= 0.3 is 0 Å². The number of hydrogen-bond acceptors (Lipinski definition) is 9. The van der Waals surface area contributed by atoms with Crippen LogP contribution in [0.15, 0.2) is 115 Å². The van der Waals surface area contributed by atoms with E-state index in [0.29, 0.717) is 39.6 Å². The summed E-state index contributed by atoms with van der Waals surface area (Å²) in [5.41, 5.74) is 5.35. The van der Waals surface area contributed by atoms with Gasteiger partial charge in [-0.3, -0.25) is 0 Å². The van der Waals surface area contributed by atoms with E-state index >= 15 is 0 Å². The smallest absolute Gasteiger partial charge is 0.187 e. The predicted octanol–water partition coefficient (Wildman–Crippen LogP) is 5.97. The molecule has 8 atom stereocenters. The van der Waals surface area contributed by atoms with Crippen molar-refractivity contribution in [2.24, 2.45) is 0 Å². The average Bonchev–Trinajstić information content (AvgIpc) is 3.64. The second-order valence-corrected chi connectivity index (χ2v) is 12.5. The molecule has 0 radical (unpaired) electrons. The van der Waals surface area contributed by atoms with E-state index in [1.54, 1.807) is 7.11 Å². The predicted molar refractivity (Wildman–Crippen MR) is 180 cm³/mol. The molecule has 0 amide bonds. The molecule has 0 unspecified atom stereocenters. The molecule has 3 aliphatic heterocycles. The normalized spacial score (nSPS) is 28.0. The molecule has 9 heteroatoms. The van der Waals surface area contributed by atoms with Crippen LogP contribution in [0.1, 0.15) is 27.8 Å². The van der Waals surface area contributed by atoms with Crippen LogP contribution in [-0.2, 0) is 75.7 Å². The van der Waals surface area contributed by atoms with Gasteiger partial charge in [-0.2, -0.15) is 0 Å². The molecule has 0 spiro atoms. The lowest BCUT2D eigenvalue weighted by molar-refractivity contribution is -0.251. The number of fused-ring (bicyclic) bond motifs is 2. The molecule has 0 N–H and O–H groups in total. The van der Waals surface area contributed by atoms with Crippen LogP contribution in [0.25, 0.3) is 0 Å². The Balaban J connectivity index is 1.09. The molecule has 3 heterocycles. The first-order valence-corrected chi connectivity index (χ1v) is 16.9. The van der Waals surface area contributed by atoms with E-state index in [-0.39, 0.29) is 6.61 Å². The SMILES string of the molecule is CO[C@H]1O[C@H](COCc2ccccc2)[C@@H](OCc2ccccc2)[C@@H]1O[C@H]1O[C@H](COCc2ccccc2)[C@H]2OCc3ccccc3CO[C@H]12. The quantitative estimate of drug-likeness (QED) is 0.161. The highest BCUT2D eigenvalue weighted by atomic mass is 16.8. The highest BCUT2D eigenvalue weighted by Gasteiger charge is 2.53. The van der Waals surface area contributed by atoms with E-state index in [2.05, 4.69) is 12.1 Å². The summed E-state index contributed by atoms with van der Waals surface area (Å²) in [5, 5.41) is 0.